The first-order chi connectivity index (χ1) is 9.35. The van der Waals surface area contributed by atoms with Gasteiger partial charge < -0.3 is 15.7 Å². The Morgan fingerprint density at radius 2 is 2.10 bits per heavy atom. The first-order valence-electron chi connectivity index (χ1n) is 6.50. The van der Waals surface area contributed by atoms with Gasteiger partial charge in [-0.05, 0) is 6.42 Å². The zero-order chi connectivity index (χ0) is 14.8. The lowest BCUT2D eigenvalue weighted by Gasteiger charge is -2.23. The predicted octanol–water partition coefficient (Wildman–Crippen LogP) is -1.09. The average Bonchev–Trinajstić information content (AvgIpc) is 2.75. The van der Waals surface area contributed by atoms with Gasteiger partial charge in [0, 0.05) is 25.0 Å². The molecular weight excluding hydrogens is 284 g/mol. The molecule has 1 aliphatic carbocycles. The molecule has 20 heavy (non-hydrogen) atoms. The number of sulfone groups is 1. The zero-order valence-electron chi connectivity index (χ0n) is 10.9. The number of hydrogen-bond donors (Lipinski definition) is 3. The third kappa shape index (κ3) is 4.04. The molecule has 2 aliphatic rings. The summed E-state index contributed by atoms with van der Waals surface area (Å²) in [5.41, 5.74) is 0. The van der Waals surface area contributed by atoms with Gasteiger partial charge in [-0.15, -0.1) is 0 Å². The standard InChI is InChI=1S/C12H18N2O5S/c15-11(6-10-7-20(18,19)4-3-13-10)14-9-2-1-8(5-9)12(16)17/h1-2,8-10,13H,3-7H2,(H,14,15)(H,16,17). The molecule has 0 spiro atoms. The van der Waals surface area contributed by atoms with Crippen LogP contribution in [-0.4, -0.2) is 55.5 Å². The lowest BCUT2D eigenvalue weighted by atomic mass is 10.1. The smallest absolute Gasteiger partial charge is 0.310 e. The van der Waals surface area contributed by atoms with Crippen molar-refractivity contribution in [2.24, 2.45) is 5.92 Å². The minimum atomic E-state index is -3.06. The fourth-order valence-electron chi connectivity index (χ4n) is 2.48. The first-order valence-corrected chi connectivity index (χ1v) is 8.32. The Bertz CT molecular complexity index is 528. The van der Waals surface area contributed by atoms with Gasteiger partial charge in [0.1, 0.15) is 0 Å². The van der Waals surface area contributed by atoms with Crippen LogP contribution in [0.3, 0.4) is 0 Å². The van der Waals surface area contributed by atoms with E-state index < -0.39 is 21.7 Å². The van der Waals surface area contributed by atoms with Gasteiger partial charge >= 0.3 is 5.97 Å². The summed E-state index contributed by atoms with van der Waals surface area (Å²) < 4.78 is 22.9. The second kappa shape index (κ2) is 5.92. The van der Waals surface area contributed by atoms with Crippen molar-refractivity contribution in [1.82, 2.24) is 10.6 Å². The predicted molar refractivity (Wildman–Crippen MR) is 71.9 cm³/mol. The van der Waals surface area contributed by atoms with Crippen molar-refractivity contribution in [1.29, 1.82) is 0 Å². The maximum absolute atomic E-state index is 11.8. The van der Waals surface area contributed by atoms with Gasteiger partial charge in [-0.1, -0.05) is 12.2 Å². The summed E-state index contributed by atoms with van der Waals surface area (Å²) in [6.45, 7) is 0.366. The third-order valence-corrected chi connectivity index (χ3v) is 5.22. The number of aliphatic carboxylic acids is 1. The molecule has 7 nitrogen and oxygen atoms in total. The van der Waals surface area contributed by atoms with E-state index in [4.69, 9.17) is 5.11 Å². The van der Waals surface area contributed by atoms with Gasteiger partial charge in [0.25, 0.3) is 0 Å². The number of hydrogen-bond acceptors (Lipinski definition) is 5. The van der Waals surface area contributed by atoms with Crippen LogP contribution in [0.4, 0.5) is 0 Å². The molecule has 0 aromatic carbocycles. The van der Waals surface area contributed by atoms with Crippen molar-refractivity contribution in [3.8, 4) is 0 Å². The Kier molecular flexibility index (Phi) is 4.44. The van der Waals surface area contributed by atoms with E-state index in [9.17, 15) is 18.0 Å². The molecule has 3 N–H and O–H groups in total. The van der Waals surface area contributed by atoms with Gasteiger partial charge in [-0.2, -0.15) is 0 Å². The highest BCUT2D eigenvalue weighted by Gasteiger charge is 2.28. The maximum atomic E-state index is 11.8. The molecule has 3 atom stereocenters. The van der Waals surface area contributed by atoms with E-state index in [-0.39, 0.29) is 35.9 Å². The van der Waals surface area contributed by atoms with Crippen LogP contribution >= 0.6 is 0 Å². The molecule has 2 rings (SSSR count). The number of rotatable bonds is 4. The third-order valence-electron chi connectivity index (χ3n) is 3.48. The second-order valence-electron chi connectivity index (χ2n) is 5.21. The summed E-state index contributed by atoms with van der Waals surface area (Å²) in [6, 6.07) is -0.654. The second-order valence-corrected chi connectivity index (χ2v) is 7.44. The highest BCUT2D eigenvalue weighted by atomic mass is 32.2. The monoisotopic (exact) mass is 302 g/mol. The van der Waals surface area contributed by atoms with Crippen LogP contribution in [0.2, 0.25) is 0 Å². The molecule has 0 aromatic rings. The topological polar surface area (TPSA) is 113 Å². The molecule has 1 amide bonds. The summed E-state index contributed by atoms with van der Waals surface area (Å²) in [7, 11) is -3.06. The Morgan fingerprint density at radius 3 is 2.70 bits per heavy atom. The Balaban J connectivity index is 1.79. The molecule has 0 radical (unpaired) electrons. The Morgan fingerprint density at radius 1 is 1.35 bits per heavy atom. The summed E-state index contributed by atoms with van der Waals surface area (Å²) in [5, 5.41) is 14.6. The molecule has 1 aliphatic heterocycles. The number of carbonyl (C=O) groups excluding carboxylic acids is 1. The molecule has 1 saturated heterocycles. The van der Waals surface area contributed by atoms with E-state index >= 15 is 0 Å². The lowest BCUT2D eigenvalue weighted by molar-refractivity contribution is -0.140. The van der Waals surface area contributed by atoms with Gasteiger partial charge in [0.2, 0.25) is 5.91 Å². The zero-order valence-corrected chi connectivity index (χ0v) is 11.7. The summed E-state index contributed by atoms with van der Waals surface area (Å²) >= 11 is 0. The van der Waals surface area contributed by atoms with Crippen LogP contribution in [0.15, 0.2) is 12.2 Å². The van der Waals surface area contributed by atoms with Gasteiger partial charge in [0.05, 0.1) is 17.4 Å². The van der Waals surface area contributed by atoms with Crippen LogP contribution in [0.5, 0.6) is 0 Å². The number of carbonyl (C=O) groups is 2. The fraction of sp³-hybridized carbons (Fsp3) is 0.667. The quantitative estimate of drug-likeness (QED) is 0.569. The minimum Gasteiger partial charge on any atom is -0.481 e. The largest absolute Gasteiger partial charge is 0.481 e. The van der Waals surface area contributed by atoms with Crippen molar-refractivity contribution < 1.29 is 23.1 Å². The summed E-state index contributed by atoms with van der Waals surface area (Å²) in [4.78, 5) is 22.6. The summed E-state index contributed by atoms with van der Waals surface area (Å²) in [6.07, 6.45) is 3.66. The van der Waals surface area contributed by atoms with Crippen molar-refractivity contribution in [3.63, 3.8) is 0 Å². The van der Waals surface area contributed by atoms with E-state index in [0.29, 0.717) is 13.0 Å². The van der Waals surface area contributed by atoms with Crippen LogP contribution in [0.25, 0.3) is 0 Å². The highest BCUT2D eigenvalue weighted by molar-refractivity contribution is 7.91. The Labute approximate surface area is 117 Å². The molecule has 1 fully saturated rings. The van der Waals surface area contributed by atoms with E-state index in [1.807, 2.05) is 0 Å². The average molecular weight is 302 g/mol. The number of carboxylic acid groups (broad SMARTS) is 1. The molecular formula is C12H18N2O5S. The van der Waals surface area contributed by atoms with Crippen molar-refractivity contribution in [3.05, 3.63) is 12.2 Å². The van der Waals surface area contributed by atoms with Gasteiger partial charge in [-0.3, -0.25) is 9.59 Å². The van der Waals surface area contributed by atoms with Crippen LogP contribution in [-0.2, 0) is 19.4 Å². The van der Waals surface area contributed by atoms with E-state index in [2.05, 4.69) is 10.6 Å². The SMILES string of the molecule is O=C(CC1CS(=O)(=O)CCN1)NC1C=CC(C(=O)O)C1. The molecule has 0 saturated carbocycles. The molecule has 8 heteroatoms. The van der Waals surface area contributed by atoms with Crippen LogP contribution < -0.4 is 10.6 Å². The van der Waals surface area contributed by atoms with E-state index in [1.54, 1.807) is 12.2 Å². The maximum Gasteiger partial charge on any atom is 0.310 e. The van der Waals surface area contributed by atoms with Crippen molar-refractivity contribution in [2.75, 3.05) is 18.1 Å². The Hall–Kier alpha value is -1.41. The minimum absolute atomic E-state index is 0.0291. The van der Waals surface area contributed by atoms with Gasteiger partial charge in [-0.25, -0.2) is 8.42 Å². The van der Waals surface area contributed by atoms with Crippen LogP contribution in [0, 0.1) is 5.92 Å². The van der Waals surface area contributed by atoms with Crippen molar-refractivity contribution in [2.45, 2.75) is 24.9 Å². The molecule has 112 valence electrons. The van der Waals surface area contributed by atoms with Crippen LogP contribution in [0.1, 0.15) is 12.8 Å². The number of carboxylic acids is 1. The van der Waals surface area contributed by atoms with Gasteiger partial charge in [0.15, 0.2) is 9.84 Å². The molecule has 1 heterocycles. The van der Waals surface area contributed by atoms with E-state index in [0.717, 1.165) is 0 Å². The summed E-state index contributed by atoms with van der Waals surface area (Å²) in [5.74, 6) is -1.65. The molecule has 0 bridgehead atoms. The number of amides is 1. The molecule has 3 unspecified atom stereocenters. The number of nitrogens with one attached hydrogen (secondary N) is 2. The normalized spacial score (nSPS) is 31.9. The van der Waals surface area contributed by atoms with E-state index in [1.165, 1.54) is 0 Å². The fourth-order valence-corrected chi connectivity index (χ4v) is 3.92. The highest BCUT2D eigenvalue weighted by Crippen LogP contribution is 2.18. The molecule has 0 aromatic heterocycles. The first kappa shape index (κ1) is 15.0. The van der Waals surface area contributed by atoms with Crippen molar-refractivity contribution >= 4 is 21.7 Å². The lowest BCUT2D eigenvalue weighted by Crippen LogP contribution is -2.48.